The fourth-order valence-corrected chi connectivity index (χ4v) is 2.95. The average Bonchev–Trinajstić information content (AvgIpc) is 2.97. The van der Waals surface area contributed by atoms with Crippen LogP contribution in [0.15, 0.2) is 35.7 Å². The Morgan fingerprint density at radius 1 is 1.32 bits per heavy atom. The van der Waals surface area contributed by atoms with E-state index in [1.165, 1.54) is 5.56 Å². The molecular formula is C15H15NO2S. The van der Waals surface area contributed by atoms with Gasteiger partial charge in [-0.2, -0.15) is 0 Å². The molecule has 0 amide bonds. The molecule has 2 heterocycles. The van der Waals surface area contributed by atoms with Gasteiger partial charge in [0, 0.05) is 11.4 Å². The van der Waals surface area contributed by atoms with Gasteiger partial charge in [0.05, 0.1) is 5.56 Å². The van der Waals surface area contributed by atoms with Crippen LogP contribution in [0.5, 0.6) is 0 Å². The third-order valence-corrected chi connectivity index (χ3v) is 4.14. The van der Waals surface area contributed by atoms with Gasteiger partial charge >= 0.3 is 5.97 Å². The molecule has 0 spiro atoms. The third kappa shape index (κ3) is 2.69. The molecule has 4 heteroatoms. The number of fused-ring (bicyclic) bond motifs is 1. The Morgan fingerprint density at radius 2 is 2.26 bits per heavy atom. The number of hydrogen-bond donors (Lipinski definition) is 1. The lowest BCUT2D eigenvalue weighted by molar-refractivity contribution is 0.0475. The number of benzene rings is 1. The fraction of sp³-hybridized carbons (Fsp3) is 0.267. The number of carbonyl (C=O) groups excluding carboxylic acids is 1. The monoisotopic (exact) mass is 273 g/mol. The summed E-state index contributed by atoms with van der Waals surface area (Å²) in [5.41, 5.74) is 3.06. The summed E-state index contributed by atoms with van der Waals surface area (Å²) in [5, 5.41) is 5.30. The van der Waals surface area contributed by atoms with Crippen molar-refractivity contribution in [3.05, 3.63) is 57.3 Å². The maximum Gasteiger partial charge on any atom is 0.338 e. The van der Waals surface area contributed by atoms with E-state index >= 15 is 0 Å². The summed E-state index contributed by atoms with van der Waals surface area (Å²) in [7, 11) is 0. The molecule has 1 aliphatic rings. The van der Waals surface area contributed by atoms with Crippen molar-refractivity contribution in [1.82, 2.24) is 5.32 Å². The molecule has 3 nitrogen and oxygen atoms in total. The number of nitrogens with one attached hydrogen (secondary N) is 1. The van der Waals surface area contributed by atoms with E-state index in [9.17, 15) is 4.79 Å². The summed E-state index contributed by atoms with van der Waals surface area (Å²) < 4.78 is 5.39. The molecular weight excluding hydrogens is 258 g/mol. The molecule has 3 rings (SSSR count). The summed E-state index contributed by atoms with van der Waals surface area (Å²) in [6.07, 6.45) is 0.889. The molecule has 2 aromatic rings. The smallest absolute Gasteiger partial charge is 0.338 e. The van der Waals surface area contributed by atoms with Gasteiger partial charge in [0.25, 0.3) is 0 Å². The van der Waals surface area contributed by atoms with Gasteiger partial charge in [0.2, 0.25) is 0 Å². The van der Waals surface area contributed by atoms with Crippen molar-refractivity contribution in [3.63, 3.8) is 0 Å². The van der Waals surface area contributed by atoms with Gasteiger partial charge in [-0.1, -0.05) is 18.2 Å². The van der Waals surface area contributed by atoms with Crippen LogP contribution in [0, 0.1) is 0 Å². The molecule has 98 valence electrons. The van der Waals surface area contributed by atoms with E-state index in [0.717, 1.165) is 35.5 Å². The second-order valence-corrected chi connectivity index (χ2v) is 5.56. The predicted molar refractivity (Wildman–Crippen MR) is 75.3 cm³/mol. The molecule has 0 saturated heterocycles. The number of rotatable bonds is 3. The van der Waals surface area contributed by atoms with Crippen LogP contribution in [0.4, 0.5) is 0 Å². The van der Waals surface area contributed by atoms with Gasteiger partial charge in [-0.3, -0.25) is 0 Å². The average molecular weight is 273 g/mol. The van der Waals surface area contributed by atoms with Crippen molar-refractivity contribution in [3.8, 4) is 0 Å². The normalized spacial score (nSPS) is 13.9. The Bertz CT molecular complexity index is 578. The van der Waals surface area contributed by atoms with E-state index < -0.39 is 0 Å². The van der Waals surface area contributed by atoms with E-state index in [1.807, 2.05) is 29.6 Å². The Balaban J connectivity index is 1.76. The van der Waals surface area contributed by atoms with Crippen LogP contribution in [0.2, 0.25) is 0 Å². The minimum absolute atomic E-state index is 0.216. The van der Waals surface area contributed by atoms with Crippen LogP contribution in [0.3, 0.4) is 0 Å². The highest BCUT2D eigenvalue weighted by molar-refractivity contribution is 7.09. The van der Waals surface area contributed by atoms with Crippen LogP contribution in [0.1, 0.15) is 26.4 Å². The van der Waals surface area contributed by atoms with Gasteiger partial charge in [0.15, 0.2) is 0 Å². The van der Waals surface area contributed by atoms with Crippen LogP contribution in [-0.4, -0.2) is 12.5 Å². The lowest BCUT2D eigenvalue weighted by atomic mass is 9.95. The van der Waals surface area contributed by atoms with Gasteiger partial charge in [0.1, 0.15) is 6.61 Å². The number of carbonyl (C=O) groups is 1. The Hall–Kier alpha value is -1.65. The summed E-state index contributed by atoms with van der Waals surface area (Å²) in [4.78, 5) is 13.2. The second kappa shape index (κ2) is 5.55. The molecule has 1 aromatic heterocycles. The largest absolute Gasteiger partial charge is 0.456 e. The van der Waals surface area contributed by atoms with Crippen molar-refractivity contribution < 1.29 is 9.53 Å². The van der Waals surface area contributed by atoms with Crippen molar-refractivity contribution in [2.45, 2.75) is 19.6 Å². The van der Waals surface area contributed by atoms with Crippen LogP contribution in [0.25, 0.3) is 0 Å². The van der Waals surface area contributed by atoms with Gasteiger partial charge in [-0.15, -0.1) is 11.3 Å². The van der Waals surface area contributed by atoms with E-state index in [2.05, 4.69) is 11.4 Å². The van der Waals surface area contributed by atoms with Crippen molar-refractivity contribution >= 4 is 17.3 Å². The van der Waals surface area contributed by atoms with E-state index in [0.29, 0.717) is 6.61 Å². The predicted octanol–water partition coefficient (Wildman–Crippen LogP) is 2.75. The molecule has 0 fully saturated rings. The highest BCUT2D eigenvalue weighted by Crippen LogP contribution is 2.20. The fourth-order valence-electron chi connectivity index (χ4n) is 2.33. The van der Waals surface area contributed by atoms with E-state index in [4.69, 9.17) is 4.74 Å². The SMILES string of the molecule is O=C(OCc1cccs1)c1cccc2c1CCNC2. The molecule has 0 radical (unpaired) electrons. The minimum Gasteiger partial charge on any atom is -0.456 e. The first-order valence-electron chi connectivity index (χ1n) is 6.35. The van der Waals surface area contributed by atoms with Crippen molar-refractivity contribution in [2.24, 2.45) is 0 Å². The van der Waals surface area contributed by atoms with Crippen LogP contribution >= 0.6 is 11.3 Å². The molecule has 1 N–H and O–H groups in total. The van der Waals surface area contributed by atoms with Gasteiger partial charge in [-0.25, -0.2) is 4.79 Å². The minimum atomic E-state index is -0.216. The zero-order valence-corrected chi connectivity index (χ0v) is 11.3. The zero-order chi connectivity index (χ0) is 13.1. The van der Waals surface area contributed by atoms with E-state index in [-0.39, 0.29) is 5.97 Å². The summed E-state index contributed by atoms with van der Waals surface area (Å²) in [5.74, 6) is -0.216. The summed E-state index contributed by atoms with van der Waals surface area (Å²) in [6.45, 7) is 2.11. The Labute approximate surface area is 116 Å². The van der Waals surface area contributed by atoms with Gasteiger partial charge < -0.3 is 10.1 Å². The zero-order valence-electron chi connectivity index (χ0n) is 10.5. The van der Waals surface area contributed by atoms with E-state index in [1.54, 1.807) is 11.3 Å². The van der Waals surface area contributed by atoms with Crippen molar-refractivity contribution in [2.75, 3.05) is 6.54 Å². The number of ether oxygens (including phenoxy) is 1. The second-order valence-electron chi connectivity index (χ2n) is 4.53. The number of hydrogen-bond acceptors (Lipinski definition) is 4. The summed E-state index contributed by atoms with van der Waals surface area (Å²) >= 11 is 1.60. The first-order chi connectivity index (χ1) is 9.34. The number of thiophene rings is 1. The lowest BCUT2D eigenvalue weighted by Gasteiger charge is -2.19. The lowest BCUT2D eigenvalue weighted by Crippen LogP contribution is -2.25. The first-order valence-corrected chi connectivity index (χ1v) is 7.23. The third-order valence-electron chi connectivity index (χ3n) is 3.29. The molecule has 0 atom stereocenters. The molecule has 0 unspecified atom stereocenters. The van der Waals surface area contributed by atoms with Gasteiger partial charge in [-0.05, 0) is 41.6 Å². The highest BCUT2D eigenvalue weighted by atomic mass is 32.1. The quantitative estimate of drug-likeness (QED) is 0.874. The standard InChI is InChI=1S/C15H15NO2S/c17-15(18-10-12-4-2-8-19-12)14-5-1-3-11-9-16-7-6-13(11)14/h1-5,8,16H,6-7,9-10H2. The number of esters is 1. The Kier molecular flexibility index (Phi) is 3.62. The topological polar surface area (TPSA) is 38.3 Å². The van der Waals surface area contributed by atoms with Crippen LogP contribution in [-0.2, 0) is 24.3 Å². The molecule has 0 aliphatic carbocycles. The highest BCUT2D eigenvalue weighted by Gasteiger charge is 2.18. The molecule has 0 bridgehead atoms. The van der Waals surface area contributed by atoms with Crippen molar-refractivity contribution in [1.29, 1.82) is 0 Å². The maximum atomic E-state index is 12.2. The molecule has 1 aliphatic heterocycles. The Morgan fingerprint density at radius 3 is 3.11 bits per heavy atom. The first kappa shape index (κ1) is 12.4. The maximum absolute atomic E-state index is 12.2. The molecule has 1 aromatic carbocycles. The summed E-state index contributed by atoms with van der Waals surface area (Å²) in [6, 6.07) is 9.79. The molecule has 19 heavy (non-hydrogen) atoms. The van der Waals surface area contributed by atoms with Crippen LogP contribution < -0.4 is 5.32 Å². The molecule has 0 saturated carbocycles.